The van der Waals surface area contributed by atoms with E-state index in [-0.39, 0.29) is 11.1 Å². The van der Waals surface area contributed by atoms with Gasteiger partial charge in [0, 0.05) is 19.0 Å². The van der Waals surface area contributed by atoms with Crippen molar-refractivity contribution in [2.45, 2.75) is 19.0 Å². The summed E-state index contributed by atoms with van der Waals surface area (Å²) in [5.41, 5.74) is 3.03. The SMILES string of the molecule is Fc1cc2oc(C3Cc4nc[nH]c4CN3)nc2cc1Cl. The van der Waals surface area contributed by atoms with Gasteiger partial charge in [0.1, 0.15) is 11.3 Å². The van der Waals surface area contributed by atoms with Gasteiger partial charge in [0.05, 0.1) is 28.8 Å². The average Bonchev–Trinajstić information content (AvgIpc) is 3.04. The quantitative estimate of drug-likeness (QED) is 0.724. The van der Waals surface area contributed by atoms with Crippen molar-refractivity contribution in [3.63, 3.8) is 0 Å². The van der Waals surface area contributed by atoms with Gasteiger partial charge in [-0.05, 0) is 6.07 Å². The summed E-state index contributed by atoms with van der Waals surface area (Å²) in [7, 11) is 0. The fourth-order valence-electron chi connectivity index (χ4n) is 2.43. The molecule has 7 heteroatoms. The van der Waals surface area contributed by atoms with Crippen LogP contribution < -0.4 is 5.32 Å². The third-order valence-corrected chi connectivity index (χ3v) is 3.77. The Morgan fingerprint density at radius 3 is 3.20 bits per heavy atom. The van der Waals surface area contributed by atoms with Crippen LogP contribution >= 0.6 is 11.6 Å². The van der Waals surface area contributed by atoms with Crippen LogP contribution in [-0.2, 0) is 13.0 Å². The lowest BCUT2D eigenvalue weighted by atomic mass is 10.1. The fourth-order valence-corrected chi connectivity index (χ4v) is 2.59. The zero-order chi connectivity index (χ0) is 13.7. The van der Waals surface area contributed by atoms with Crippen LogP contribution in [0.4, 0.5) is 4.39 Å². The van der Waals surface area contributed by atoms with E-state index >= 15 is 0 Å². The molecule has 0 aliphatic carbocycles. The van der Waals surface area contributed by atoms with E-state index in [0.717, 1.165) is 11.4 Å². The van der Waals surface area contributed by atoms with E-state index in [0.29, 0.717) is 30.0 Å². The van der Waals surface area contributed by atoms with Crippen LogP contribution in [0.3, 0.4) is 0 Å². The first kappa shape index (κ1) is 11.9. The molecule has 0 radical (unpaired) electrons. The number of H-pyrrole nitrogens is 1. The minimum atomic E-state index is -0.506. The largest absolute Gasteiger partial charge is 0.439 e. The Labute approximate surface area is 118 Å². The van der Waals surface area contributed by atoms with Gasteiger partial charge in [0.15, 0.2) is 5.58 Å². The van der Waals surface area contributed by atoms with Gasteiger partial charge in [-0.25, -0.2) is 14.4 Å². The number of aromatic amines is 1. The maximum atomic E-state index is 13.4. The Kier molecular flexibility index (Phi) is 2.55. The standard InChI is InChI=1S/C13H10ClFN4O/c14-6-1-9-12(2-7(6)15)20-13(19-9)10-3-8-11(4-16-10)18-5-17-8/h1-2,5,10,16H,3-4H2,(H,17,18). The maximum Gasteiger partial charge on any atom is 0.213 e. The number of imidazole rings is 1. The molecule has 102 valence electrons. The summed E-state index contributed by atoms with van der Waals surface area (Å²) in [5, 5.41) is 3.36. The van der Waals surface area contributed by atoms with Crippen LogP contribution in [0.15, 0.2) is 22.9 Å². The van der Waals surface area contributed by atoms with Gasteiger partial charge in [-0.15, -0.1) is 0 Å². The van der Waals surface area contributed by atoms with E-state index in [9.17, 15) is 4.39 Å². The van der Waals surface area contributed by atoms with Crippen molar-refractivity contribution in [2.75, 3.05) is 0 Å². The third kappa shape index (κ3) is 1.80. The number of rotatable bonds is 1. The number of benzene rings is 1. The summed E-state index contributed by atoms with van der Waals surface area (Å²) < 4.78 is 19.0. The number of hydrogen-bond donors (Lipinski definition) is 2. The molecule has 0 fully saturated rings. The molecule has 0 saturated heterocycles. The number of hydrogen-bond acceptors (Lipinski definition) is 4. The van der Waals surface area contributed by atoms with Crippen LogP contribution in [0.5, 0.6) is 0 Å². The van der Waals surface area contributed by atoms with Crippen molar-refractivity contribution < 1.29 is 8.81 Å². The predicted molar refractivity (Wildman–Crippen MR) is 70.8 cm³/mol. The van der Waals surface area contributed by atoms with Gasteiger partial charge in [-0.3, -0.25) is 5.32 Å². The van der Waals surface area contributed by atoms with E-state index < -0.39 is 5.82 Å². The van der Waals surface area contributed by atoms with Crippen LogP contribution in [-0.4, -0.2) is 15.0 Å². The molecule has 0 bridgehead atoms. The van der Waals surface area contributed by atoms with Gasteiger partial charge in [0.2, 0.25) is 5.89 Å². The zero-order valence-corrected chi connectivity index (χ0v) is 11.0. The summed E-state index contributed by atoms with van der Waals surface area (Å²) in [4.78, 5) is 11.7. The van der Waals surface area contributed by atoms with Crippen LogP contribution in [0, 0.1) is 5.82 Å². The van der Waals surface area contributed by atoms with Crippen molar-refractivity contribution in [2.24, 2.45) is 0 Å². The lowest BCUT2D eigenvalue weighted by Crippen LogP contribution is -2.28. The van der Waals surface area contributed by atoms with Gasteiger partial charge >= 0.3 is 0 Å². The summed E-state index contributed by atoms with van der Waals surface area (Å²) in [6.45, 7) is 0.674. The lowest BCUT2D eigenvalue weighted by Gasteiger charge is -2.19. The Morgan fingerprint density at radius 2 is 2.30 bits per heavy atom. The molecule has 2 N–H and O–H groups in total. The first-order valence-corrected chi connectivity index (χ1v) is 6.58. The fraction of sp³-hybridized carbons (Fsp3) is 0.231. The second-order valence-corrected chi connectivity index (χ2v) is 5.16. The highest BCUT2D eigenvalue weighted by atomic mass is 35.5. The smallest absolute Gasteiger partial charge is 0.213 e. The van der Waals surface area contributed by atoms with Crippen LogP contribution in [0.1, 0.15) is 23.3 Å². The minimum Gasteiger partial charge on any atom is -0.439 e. The molecule has 3 heterocycles. The van der Waals surface area contributed by atoms with Crippen molar-refractivity contribution >= 4 is 22.7 Å². The van der Waals surface area contributed by atoms with E-state index in [1.807, 2.05) is 0 Å². The highest BCUT2D eigenvalue weighted by Gasteiger charge is 2.25. The van der Waals surface area contributed by atoms with Crippen molar-refractivity contribution in [1.82, 2.24) is 20.3 Å². The number of aromatic nitrogens is 3. The maximum absolute atomic E-state index is 13.4. The molecule has 1 atom stereocenters. The second-order valence-electron chi connectivity index (χ2n) is 4.75. The van der Waals surface area contributed by atoms with Crippen LogP contribution in [0.25, 0.3) is 11.1 Å². The second kappa shape index (κ2) is 4.29. The summed E-state index contributed by atoms with van der Waals surface area (Å²) in [5.74, 6) is 0.0170. The average molecular weight is 293 g/mol. The lowest BCUT2D eigenvalue weighted by molar-refractivity contribution is 0.390. The van der Waals surface area contributed by atoms with Gasteiger partial charge < -0.3 is 9.40 Å². The molecular weight excluding hydrogens is 283 g/mol. The zero-order valence-electron chi connectivity index (χ0n) is 10.3. The Balaban J connectivity index is 1.73. The van der Waals surface area contributed by atoms with Gasteiger partial charge in [-0.1, -0.05) is 11.6 Å². The summed E-state index contributed by atoms with van der Waals surface area (Å²) in [6.07, 6.45) is 2.36. The van der Waals surface area contributed by atoms with Gasteiger partial charge in [-0.2, -0.15) is 0 Å². The summed E-state index contributed by atoms with van der Waals surface area (Å²) in [6, 6.07) is 2.67. The van der Waals surface area contributed by atoms with Crippen molar-refractivity contribution in [3.8, 4) is 0 Å². The predicted octanol–water partition coefficient (Wildman–Crippen LogP) is 2.73. The number of oxazole rings is 1. The van der Waals surface area contributed by atoms with Crippen molar-refractivity contribution in [1.29, 1.82) is 0 Å². The van der Waals surface area contributed by atoms with Gasteiger partial charge in [0.25, 0.3) is 0 Å². The molecule has 1 aliphatic heterocycles. The number of fused-ring (bicyclic) bond motifs is 2. The molecule has 20 heavy (non-hydrogen) atoms. The third-order valence-electron chi connectivity index (χ3n) is 3.48. The van der Waals surface area contributed by atoms with Crippen molar-refractivity contribution in [3.05, 3.63) is 46.6 Å². The molecular formula is C13H10ClFN4O. The molecule has 2 aromatic heterocycles. The number of halogens is 2. The molecule has 0 amide bonds. The first-order valence-electron chi connectivity index (χ1n) is 6.20. The highest BCUT2D eigenvalue weighted by Crippen LogP contribution is 2.28. The Morgan fingerprint density at radius 1 is 1.40 bits per heavy atom. The topological polar surface area (TPSA) is 66.7 Å². The minimum absolute atomic E-state index is 0.0449. The molecule has 5 nitrogen and oxygen atoms in total. The summed E-state index contributed by atoms with van der Waals surface area (Å²) >= 11 is 5.75. The molecule has 0 saturated carbocycles. The number of nitrogens with zero attached hydrogens (tertiary/aromatic N) is 2. The Bertz CT molecular complexity index is 758. The monoisotopic (exact) mass is 292 g/mol. The molecule has 0 spiro atoms. The van der Waals surface area contributed by atoms with Crippen LogP contribution in [0.2, 0.25) is 5.02 Å². The molecule has 1 aromatic carbocycles. The molecule has 4 rings (SSSR count). The molecule has 3 aromatic rings. The van der Waals surface area contributed by atoms with E-state index in [2.05, 4.69) is 20.3 Å². The Hall–Kier alpha value is -1.92. The molecule has 1 aliphatic rings. The molecule has 1 unspecified atom stereocenters. The highest BCUT2D eigenvalue weighted by molar-refractivity contribution is 6.31. The van der Waals surface area contributed by atoms with E-state index in [1.54, 1.807) is 6.33 Å². The normalized spacial score (nSPS) is 18.4. The van der Waals surface area contributed by atoms with E-state index in [1.165, 1.54) is 12.1 Å². The number of nitrogens with one attached hydrogen (secondary N) is 2. The van der Waals surface area contributed by atoms with E-state index in [4.69, 9.17) is 16.0 Å². The first-order chi connectivity index (χ1) is 9.70.